The van der Waals surface area contributed by atoms with Crippen molar-refractivity contribution in [3.05, 3.63) is 161 Å². The van der Waals surface area contributed by atoms with E-state index in [0.29, 0.717) is 0 Å². The van der Waals surface area contributed by atoms with Gasteiger partial charge in [0.15, 0.2) is 0 Å². The third kappa shape index (κ3) is 3.46. The van der Waals surface area contributed by atoms with Crippen LogP contribution in [0.2, 0.25) is 0 Å². The normalized spacial score (nSPS) is 16.6. The van der Waals surface area contributed by atoms with E-state index in [-0.39, 0.29) is 16.2 Å². The lowest BCUT2D eigenvalue weighted by atomic mass is 9.82. The molecular weight excluding hydrogens is 555 g/mol. The van der Waals surface area contributed by atoms with Gasteiger partial charge in [0.25, 0.3) is 0 Å². The third-order valence-electron chi connectivity index (χ3n) is 11.5. The molecule has 3 aliphatic carbocycles. The maximum atomic E-state index is 2.53. The predicted molar refractivity (Wildman–Crippen MR) is 194 cm³/mol. The lowest BCUT2D eigenvalue weighted by molar-refractivity contribution is 0.659. The second kappa shape index (κ2) is 9.10. The van der Waals surface area contributed by atoms with Crippen LogP contribution in [0.25, 0.3) is 33.4 Å². The molecule has 0 heterocycles. The highest BCUT2D eigenvalue weighted by Gasteiger charge is 2.40. The van der Waals surface area contributed by atoms with E-state index >= 15 is 0 Å². The highest BCUT2D eigenvalue weighted by atomic mass is 15.1. The van der Waals surface area contributed by atoms with E-state index in [1.165, 1.54) is 83.8 Å². The van der Waals surface area contributed by atoms with Crippen molar-refractivity contribution < 1.29 is 0 Å². The maximum Gasteiger partial charge on any atom is 0.0543 e. The zero-order chi connectivity index (χ0) is 31.6. The fraction of sp³-hybridized carbons (Fsp3) is 0.200. The molecule has 0 unspecified atom stereocenters. The number of benzene rings is 6. The highest BCUT2D eigenvalue weighted by Crippen LogP contribution is 2.57. The van der Waals surface area contributed by atoms with Gasteiger partial charge < -0.3 is 4.90 Å². The number of fused-ring (bicyclic) bond motifs is 9. The molecule has 0 fully saturated rings. The summed E-state index contributed by atoms with van der Waals surface area (Å²) in [7, 11) is 0. The first kappa shape index (κ1) is 27.4. The van der Waals surface area contributed by atoms with Crippen LogP contribution in [-0.2, 0) is 16.2 Å². The average molecular weight is 594 g/mol. The van der Waals surface area contributed by atoms with Crippen LogP contribution in [0.4, 0.5) is 17.1 Å². The second-order valence-corrected chi connectivity index (χ2v) is 15.0. The van der Waals surface area contributed by atoms with Gasteiger partial charge >= 0.3 is 0 Å². The first-order valence-electron chi connectivity index (χ1n) is 16.6. The molecule has 0 radical (unpaired) electrons. The fourth-order valence-electron chi connectivity index (χ4n) is 9.03. The van der Waals surface area contributed by atoms with E-state index in [9.17, 15) is 0 Å². The lowest BCUT2D eigenvalue weighted by Crippen LogP contribution is -2.18. The summed E-state index contributed by atoms with van der Waals surface area (Å²) in [6, 6.07) is 48.1. The summed E-state index contributed by atoms with van der Waals surface area (Å²) in [6.45, 7) is 14.2. The molecule has 0 saturated heterocycles. The van der Waals surface area contributed by atoms with Crippen LogP contribution in [0.15, 0.2) is 127 Å². The molecule has 0 atom stereocenters. The van der Waals surface area contributed by atoms with Crippen LogP contribution in [0.1, 0.15) is 74.9 Å². The van der Waals surface area contributed by atoms with E-state index in [4.69, 9.17) is 0 Å². The average Bonchev–Trinajstić information content (AvgIpc) is 3.55. The van der Waals surface area contributed by atoms with Gasteiger partial charge in [0, 0.05) is 33.2 Å². The highest BCUT2D eigenvalue weighted by molar-refractivity contribution is 5.97. The summed E-state index contributed by atoms with van der Waals surface area (Å²) in [6.07, 6.45) is 0. The molecule has 0 aliphatic heterocycles. The van der Waals surface area contributed by atoms with Crippen molar-refractivity contribution in [2.24, 2.45) is 0 Å². The molecule has 0 bridgehead atoms. The minimum absolute atomic E-state index is 0.0321. The molecule has 6 aromatic rings. The van der Waals surface area contributed by atoms with Gasteiger partial charge in [-0.05, 0) is 91.5 Å². The Morgan fingerprint density at radius 2 is 0.804 bits per heavy atom. The fourth-order valence-corrected chi connectivity index (χ4v) is 9.03. The lowest BCUT2D eigenvalue weighted by Gasteiger charge is -2.31. The second-order valence-electron chi connectivity index (χ2n) is 15.0. The van der Waals surface area contributed by atoms with Gasteiger partial charge in [-0.3, -0.25) is 0 Å². The minimum Gasteiger partial charge on any atom is -0.310 e. The first-order chi connectivity index (χ1) is 22.1. The van der Waals surface area contributed by atoms with Crippen LogP contribution in [0.3, 0.4) is 0 Å². The Labute approximate surface area is 273 Å². The van der Waals surface area contributed by atoms with E-state index in [1.54, 1.807) is 0 Å². The largest absolute Gasteiger partial charge is 0.310 e. The number of anilines is 3. The SMILES string of the molecule is CC1(C)c2ccccc2-c2cc(N(c3ccc4c(c3)C(C)(C)c3ccccc3-4)c3cccc4c3-c3ccccc3C4(C)C)ccc21. The molecule has 1 heteroatoms. The molecule has 0 spiro atoms. The van der Waals surface area contributed by atoms with Gasteiger partial charge in [0.1, 0.15) is 0 Å². The van der Waals surface area contributed by atoms with Crippen LogP contribution in [-0.4, -0.2) is 0 Å². The van der Waals surface area contributed by atoms with Crippen LogP contribution in [0.5, 0.6) is 0 Å². The van der Waals surface area contributed by atoms with Crippen molar-refractivity contribution in [3.63, 3.8) is 0 Å². The number of hydrogen-bond donors (Lipinski definition) is 0. The number of hydrogen-bond acceptors (Lipinski definition) is 1. The van der Waals surface area contributed by atoms with Crippen molar-refractivity contribution in [2.45, 2.75) is 57.8 Å². The summed E-state index contributed by atoms with van der Waals surface area (Å²) in [5.74, 6) is 0. The van der Waals surface area contributed by atoms with Crippen molar-refractivity contribution in [1.29, 1.82) is 0 Å². The van der Waals surface area contributed by atoms with Gasteiger partial charge in [-0.15, -0.1) is 0 Å². The van der Waals surface area contributed by atoms with Crippen LogP contribution >= 0.6 is 0 Å². The van der Waals surface area contributed by atoms with E-state index in [0.717, 1.165) is 0 Å². The summed E-state index contributed by atoms with van der Waals surface area (Å²) in [4.78, 5) is 2.53. The molecule has 0 aromatic heterocycles. The van der Waals surface area contributed by atoms with Crippen LogP contribution < -0.4 is 4.90 Å². The standard InChI is InChI=1S/C45H39N/c1-43(2)36-18-11-8-15-31(36)34-26-28(23-25-38(34)43)46(29-22-24-32-30-14-7-10-17-35(30)45(5,6)40(32)27-29)41-21-13-20-39-42(41)33-16-9-12-19-37(33)44(39,3)4/h7-27H,1-6H3. The maximum absolute atomic E-state index is 2.53. The third-order valence-corrected chi connectivity index (χ3v) is 11.5. The molecule has 0 amide bonds. The first-order valence-corrected chi connectivity index (χ1v) is 16.6. The Bertz CT molecular complexity index is 2240. The summed E-state index contributed by atoms with van der Waals surface area (Å²) < 4.78 is 0. The molecular formula is C45H39N. The molecule has 3 aliphatic rings. The summed E-state index contributed by atoms with van der Waals surface area (Å²) >= 11 is 0. The number of nitrogens with zero attached hydrogens (tertiary/aromatic N) is 1. The molecule has 0 N–H and O–H groups in total. The van der Waals surface area contributed by atoms with Gasteiger partial charge in [-0.25, -0.2) is 0 Å². The zero-order valence-electron chi connectivity index (χ0n) is 27.6. The van der Waals surface area contributed by atoms with E-state index in [2.05, 4.69) is 174 Å². The smallest absolute Gasteiger partial charge is 0.0543 e. The molecule has 0 saturated carbocycles. The minimum atomic E-state index is -0.0816. The van der Waals surface area contributed by atoms with Gasteiger partial charge in [-0.2, -0.15) is 0 Å². The summed E-state index contributed by atoms with van der Waals surface area (Å²) in [5.41, 5.74) is 19.9. The van der Waals surface area contributed by atoms with Crippen molar-refractivity contribution in [2.75, 3.05) is 4.90 Å². The Hall–Kier alpha value is -4.88. The predicted octanol–water partition coefficient (Wildman–Crippen LogP) is 12.1. The molecule has 9 rings (SSSR count). The topological polar surface area (TPSA) is 3.24 Å². The molecule has 1 nitrogen and oxygen atoms in total. The van der Waals surface area contributed by atoms with Gasteiger partial charge in [-0.1, -0.05) is 139 Å². The zero-order valence-corrected chi connectivity index (χ0v) is 27.6. The monoisotopic (exact) mass is 593 g/mol. The van der Waals surface area contributed by atoms with E-state index < -0.39 is 0 Å². The Kier molecular flexibility index (Phi) is 5.43. The quantitative estimate of drug-likeness (QED) is 0.197. The van der Waals surface area contributed by atoms with Crippen molar-refractivity contribution in [3.8, 4) is 33.4 Å². The van der Waals surface area contributed by atoms with E-state index in [1.807, 2.05) is 0 Å². The molecule has 46 heavy (non-hydrogen) atoms. The molecule has 224 valence electrons. The Morgan fingerprint density at radius 3 is 1.50 bits per heavy atom. The van der Waals surface area contributed by atoms with Gasteiger partial charge in [0.2, 0.25) is 0 Å². The van der Waals surface area contributed by atoms with Crippen molar-refractivity contribution >= 4 is 17.1 Å². The Balaban J connectivity index is 1.32. The summed E-state index contributed by atoms with van der Waals surface area (Å²) in [5, 5.41) is 0. The van der Waals surface area contributed by atoms with Crippen LogP contribution in [0, 0.1) is 0 Å². The molecule has 6 aromatic carbocycles. The number of rotatable bonds is 3. The Morgan fingerprint density at radius 1 is 0.348 bits per heavy atom. The van der Waals surface area contributed by atoms with Crippen molar-refractivity contribution in [1.82, 2.24) is 0 Å². The van der Waals surface area contributed by atoms with Gasteiger partial charge in [0.05, 0.1) is 5.69 Å².